The number of fused-ring (bicyclic) bond motifs is 1. The maximum Gasteiger partial charge on any atom is 0.301 e. The monoisotopic (exact) mass is 647 g/mol. The molecule has 3 heterocycles. The lowest BCUT2D eigenvalue weighted by molar-refractivity contribution is -0.132. The Morgan fingerprint density at radius 2 is 1.84 bits per heavy atom. The fourth-order valence-corrected chi connectivity index (χ4v) is 7.27. The fraction of sp³-hybridized carbons (Fsp3) is 0.273. The summed E-state index contributed by atoms with van der Waals surface area (Å²) < 4.78 is 32.1. The highest BCUT2D eigenvalue weighted by Crippen LogP contribution is 2.46. The highest BCUT2D eigenvalue weighted by Gasteiger charge is 2.48. The van der Waals surface area contributed by atoms with E-state index in [1.807, 2.05) is 20.8 Å². The van der Waals surface area contributed by atoms with Gasteiger partial charge in [-0.2, -0.15) is 0 Å². The molecule has 2 atom stereocenters. The van der Waals surface area contributed by atoms with E-state index in [1.165, 1.54) is 22.7 Å². The molecule has 6 rings (SSSR count). The molecule has 0 radical (unpaired) electrons. The Hall–Kier alpha value is -4.42. The first-order valence-corrected chi connectivity index (χ1v) is 16.3. The average Bonchev–Trinajstić information content (AvgIpc) is 3.72. The standard InChI is InChI=1S/C33H30FN3O6S2/c1-4-41-25-13-10-19(16-26(25)42-5-2)28-27(29(38)20-11-12-24-22(15-20)14-18(3)43-24)30(39)31(40)37(28)32-35-36-33(45-32)44-17-21-8-6-7-9-23(21)34/h6-13,15-16,18,28,38H,4-5,14,17H2,1-3H3/b29-27+/t18-,28-/m1/s1. The van der Waals surface area contributed by atoms with E-state index in [-0.39, 0.29) is 28.4 Å². The van der Waals surface area contributed by atoms with Crippen molar-refractivity contribution in [2.75, 3.05) is 18.1 Å². The molecule has 12 heteroatoms. The number of ketones is 1. The van der Waals surface area contributed by atoms with Gasteiger partial charge >= 0.3 is 5.91 Å². The molecule has 0 bridgehead atoms. The van der Waals surface area contributed by atoms with E-state index in [0.717, 1.165) is 22.6 Å². The van der Waals surface area contributed by atoms with Gasteiger partial charge in [-0.05, 0) is 73.9 Å². The number of hydrogen-bond acceptors (Lipinski definition) is 10. The van der Waals surface area contributed by atoms with Crippen LogP contribution in [0.4, 0.5) is 9.52 Å². The number of carbonyl (C=O) groups is 2. The van der Waals surface area contributed by atoms with Crippen LogP contribution in [0.25, 0.3) is 5.76 Å². The van der Waals surface area contributed by atoms with Crippen molar-refractivity contribution in [3.05, 3.63) is 94.3 Å². The van der Waals surface area contributed by atoms with Gasteiger partial charge < -0.3 is 19.3 Å². The van der Waals surface area contributed by atoms with Gasteiger partial charge in [0, 0.05) is 17.7 Å². The number of halogens is 1. The molecule has 0 unspecified atom stereocenters. The largest absolute Gasteiger partial charge is 0.507 e. The molecular weight excluding hydrogens is 618 g/mol. The second-order valence-electron chi connectivity index (χ2n) is 10.4. The molecule has 45 heavy (non-hydrogen) atoms. The van der Waals surface area contributed by atoms with Crippen LogP contribution >= 0.6 is 23.1 Å². The number of nitrogens with zero attached hydrogens (tertiary/aromatic N) is 3. The summed E-state index contributed by atoms with van der Waals surface area (Å²) in [6.45, 7) is 6.43. The molecule has 232 valence electrons. The molecule has 1 fully saturated rings. The molecule has 3 aromatic carbocycles. The number of Topliss-reactive ketones (excluding diaryl/α,β-unsaturated/α-hetero) is 1. The van der Waals surface area contributed by atoms with Crippen LogP contribution in [0, 0.1) is 5.82 Å². The summed E-state index contributed by atoms with van der Waals surface area (Å²) in [4.78, 5) is 28.7. The second-order valence-corrected chi connectivity index (χ2v) is 12.6. The number of thioether (sulfide) groups is 1. The number of anilines is 1. The van der Waals surface area contributed by atoms with Crippen molar-refractivity contribution in [3.8, 4) is 17.2 Å². The molecular formula is C33H30FN3O6S2. The third-order valence-corrected chi connectivity index (χ3v) is 9.51. The van der Waals surface area contributed by atoms with Crippen LogP contribution in [-0.2, 0) is 21.8 Å². The van der Waals surface area contributed by atoms with Gasteiger partial charge in [0.15, 0.2) is 15.8 Å². The Morgan fingerprint density at radius 3 is 2.62 bits per heavy atom. The highest BCUT2D eigenvalue weighted by molar-refractivity contribution is 8.00. The third kappa shape index (κ3) is 5.99. The molecule has 0 saturated carbocycles. The molecule has 0 spiro atoms. The van der Waals surface area contributed by atoms with E-state index in [1.54, 1.807) is 54.6 Å². The van der Waals surface area contributed by atoms with E-state index >= 15 is 0 Å². The second kappa shape index (κ2) is 12.9. The first kappa shape index (κ1) is 30.6. The smallest absolute Gasteiger partial charge is 0.301 e. The maximum atomic E-state index is 14.2. The zero-order valence-electron chi connectivity index (χ0n) is 24.8. The van der Waals surface area contributed by atoms with Crippen molar-refractivity contribution in [3.63, 3.8) is 0 Å². The Bertz CT molecular complexity index is 1810. The van der Waals surface area contributed by atoms with Crippen LogP contribution in [0.5, 0.6) is 17.2 Å². The minimum Gasteiger partial charge on any atom is -0.507 e. The molecule has 2 aliphatic rings. The summed E-state index contributed by atoms with van der Waals surface area (Å²) in [5, 5.41) is 20.3. The fourth-order valence-electron chi connectivity index (χ4n) is 5.42. The molecule has 2 aliphatic heterocycles. The number of benzene rings is 3. The van der Waals surface area contributed by atoms with Gasteiger partial charge in [0.25, 0.3) is 5.78 Å². The molecule has 0 aliphatic carbocycles. The Balaban J connectivity index is 1.43. The number of ether oxygens (including phenoxy) is 3. The Morgan fingerprint density at radius 1 is 1.07 bits per heavy atom. The van der Waals surface area contributed by atoms with Crippen LogP contribution < -0.4 is 19.1 Å². The molecule has 1 amide bonds. The van der Waals surface area contributed by atoms with Gasteiger partial charge in [0.1, 0.15) is 23.4 Å². The SMILES string of the molecule is CCOc1ccc([C@@H]2/C(=C(\O)c3ccc4c(c3)C[C@@H](C)O4)C(=O)C(=O)N2c2nnc(SCc3ccccc3F)s2)cc1OCC. The Labute approximate surface area is 267 Å². The predicted molar refractivity (Wildman–Crippen MR) is 170 cm³/mol. The van der Waals surface area contributed by atoms with E-state index in [0.29, 0.717) is 57.9 Å². The first-order chi connectivity index (χ1) is 21.8. The van der Waals surface area contributed by atoms with E-state index in [2.05, 4.69) is 10.2 Å². The van der Waals surface area contributed by atoms with E-state index in [4.69, 9.17) is 14.2 Å². The molecule has 9 nitrogen and oxygen atoms in total. The summed E-state index contributed by atoms with van der Waals surface area (Å²) in [5.74, 6) is -0.375. The van der Waals surface area contributed by atoms with Crippen LogP contribution in [0.2, 0.25) is 0 Å². The lowest BCUT2D eigenvalue weighted by Crippen LogP contribution is -2.29. The summed E-state index contributed by atoms with van der Waals surface area (Å²) in [5.41, 5.74) is 2.22. The van der Waals surface area contributed by atoms with E-state index in [9.17, 15) is 19.1 Å². The summed E-state index contributed by atoms with van der Waals surface area (Å²) in [6.07, 6.45) is 0.648. The zero-order valence-corrected chi connectivity index (χ0v) is 26.4. The topological polar surface area (TPSA) is 111 Å². The van der Waals surface area contributed by atoms with Gasteiger partial charge in [-0.25, -0.2) is 4.39 Å². The van der Waals surface area contributed by atoms with Gasteiger partial charge in [-0.3, -0.25) is 14.5 Å². The van der Waals surface area contributed by atoms with Gasteiger partial charge in [-0.15, -0.1) is 10.2 Å². The van der Waals surface area contributed by atoms with Crippen molar-refractivity contribution >= 4 is 45.7 Å². The number of aliphatic hydroxyl groups is 1. The third-order valence-electron chi connectivity index (χ3n) is 7.41. The zero-order chi connectivity index (χ0) is 31.7. The van der Waals surface area contributed by atoms with Crippen molar-refractivity contribution in [2.24, 2.45) is 0 Å². The van der Waals surface area contributed by atoms with Gasteiger partial charge in [0.2, 0.25) is 5.13 Å². The average molecular weight is 648 g/mol. The normalized spacial score (nSPS) is 18.6. The van der Waals surface area contributed by atoms with Crippen LogP contribution in [-0.4, -0.2) is 46.3 Å². The van der Waals surface area contributed by atoms with Crippen molar-refractivity contribution in [1.82, 2.24) is 10.2 Å². The number of aliphatic hydroxyl groups excluding tert-OH is 1. The number of carbonyl (C=O) groups excluding carboxylic acids is 2. The minimum absolute atomic E-state index is 0.00771. The van der Waals surface area contributed by atoms with Gasteiger partial charge in [-0.1, -0.05) is 47.4 Å². The first-order valence-electron chi connectivity index (χ1n) is 14.5. The molecule has 4 aromatic rings. The molecule has 1 aromatic heterocycles. The lowest BCUT2D eigenvalue weighted by atomic mass is 9.94. The molecule has 1 saturated heterocycles. The van der Waals surface area contributed by atoms with E-state index < -0.39 is 17.7 Å². The van der Waals surface area contributed by atoms with Crippen molar-refractivity contribution in [1.29, 1.82) is 0 Å². The molecule has 1 N–H and O–H groups in total. The number of rotatable bonds is 10. The Kier molecular flexibility index (Phi) is 8.77. The number of hydrogen-bond donors (Lipinski definition) is 1. The van der Waals surface area contributed by atoms with Crippen molar-refractivity contribution < 1.29 is 33.3 Å². The lowest BCUT2D eigenvalue weighted by Gasteiger charge is -2.23. The van der Waals surface area contributed by atoms with Crippen LogP contribution in [0.3, 0.4) is 0 Å². The summed E-state index contributed by atoms with van der Waals surface area (Å²) >= 11 is 2.38. The predicted octanol–water partition coefficient (Wildman–Crippen LogP) is 6.72. The number of amides is 1. The number of aromatic nitrogens is 2. The van der Waals surface area contributed by atoms with Gasteiger partial charge in [0.05, 0.1) is 24.8 Å². The minimum atomic E-state index is -1.04. The quantitative estimate of drug-likeness (QED) is 0.0660. The van der Waals surface area contributed by atoms with Crippen LogP contribution in [0.1, 0.15) is 49.1 Å². The van der Waals surface area contributed by atoms with Crippen LogP contribution in [0.15, 0.2) is 70.6 Å². The highest BCUT2D eigenvalue weighted by atomic mass is 32.2. The summed E-state index contributed by atoms with van der Waals surface area (Å²) in [6, 6.07) is 15.8. The summed E-state index contributed by atoms with van der Waals surface area (Å²) in [7, 11) is 0. The van der Waals surface area contributed by atoms with Crippen molar-refractivity contribution in [2.45, 2.75) is 49.4 Å². The maximum absolute atomic E-state index is 14.2.